The number of benzene rings is 3. The summed E-state index contributed by atoms with van der Waals surface area (Å²) in [6.45, 7) is 0.0695. The van der Waals surface area contributed by atoms with Crippen LogP contribution in [0.25, 0.3) is 10.9 Å². The Morgan fingerprint density at radius 1 is 0.938 bits per heavy atom. The first kappa shape index (κ1) is 20.5. The number of aryl methyl sites for hydroxylation is 1. The lowest BCUT2D eigenvalue weighted by Gasteiger charge is -2.15. The van der Waals surface area contributed by atoms with Gasteiger partial charge in [0.1, 0.15) is 6.54 Å². The summed E-state index contributed by atoms with van der Waals surface area (Å²) in [6.07, 6.45) is 3.44. The lowest BCUT2D eigenvalue weighted by molar-refractivity contribution is -0.122. The molecule has 1 unspecified atom stereocenters. The number of carbonyl (C=O) groups is 1. The number of amides is 1. The van der Waals surface area contributed by atoms with Crippen LogP contribution in [0.3, 0.4) is 0 Å². The van der Waals surface area contributed by atoms with Crippen LogP contribution in [-0.4, -0.2) is 18.9 Å². The number of sulfone groups is 1. The minimum absolute atomic E-state index is 0.00168. The van der Waals surface area contributed by atoms with Crippen molar-refractivity contribution in [2.45, 2.75) is 36.1 Å². The molecule has 5 rings (SSSR count). The van der Waals surface area contributed by atoms with Gasteiger partial charge in [0.2, 0.25) is 5.91 Å². The van der Waals surface area contributed by atoms with E-state index in [1.165, 1.54) is 11.1 Å². The number of nitrogens with one attached hydrogen (secondary N) is 1. The Balaban J connectivity index is 1.41. The Kier molecular flexibility index (Phi) is 5.31. The lowest BCUT2D eigenvalue weighted by atomic mass is 10.1. The summed E-state index contributed by atoms with van der Waals surface area (Å²) >= 11 is 0. The Bertz CT molecular complexity index is 1390. The molecular formula is C26H24N2O3S. The number of aromatic nitrogens is 1. The number of hydrogen-bond acceptors (Lipinski definition) is 3. The lowest BCUT2D eigenvalue weighted by Crippen LogP contribution is -2.30. The monoisotopic (exact) mass is 444 g/mol. The summed E-state index contributed by atoms with van der Waals surface area (Å²) in [5, 5.41) is 3.77. The molecule has 1 aromatic heterocycles. The van der Waals surface area contributed by atoms with E-state index in [1.54, 1.807) is 16.8 Å². The smallest absolute Gasteiger partial charge is 0.240 e. The number of carbonyl (C=O) groups excluding carboxylic acids is 1. The average molecular weight is 445 g/mol. The van der Waals surface area contributed by atoms with Gasteiger partial charge >= 0.3 is 0 Å². The highest BCUT2D eigenvalue weighted by molar-refractivity contribution is 7.90. The predicted molar refractivity (Wildman–Crippen MR) is 125 cm³/mol. The van der Waals surface area contributed by atoms with E-state index < -0.39 is 9.84 Å². The Morgan fingerprint density at radius 2 is 1.66 bits per heavy atom. The van der Waals surface area contributed by atoms with Gasteiger partial charge in [-0.3, -0.25) is 4.79 Å². The third-order valence-corrected chi connectivity index (χ3v) is 7.78. The molecule has 6 heteroatoms. The van der Waals surface area contributed by atoms with Crippen LogP contribution >= 0.6 is 0 Å². The number of fused-ring (bicyclic) bond motifs is 2. The first-order chi connectivity index (χ1) is 15.5. The molecule has 162 valence electrons. The average Bonchev–Trinajstić information content (AvgIpc) is 3.37. The van der Waals surface area contributed by atoms with E-state index in [9.17, 15) is 13.2 Å². The second-order valence-corrected chi connectivity index (χ2v) is 10.2. The van der Waals surface area contributed by atoms with Gasteiger partial charge in [-0.25, -0.2) is 8.42 Å². The van der Waals surface area contributed by atoms with Gasteiger partial charge in [-0.05, 0) is 35.6 Å². The Hall–Kier alpha value is -3.38. The largest absolute Gasteiger partial charge is 0.348 e. The molecule has 1 amide bonds. The van der Waals surface area contributed by atoms with Gasteiger partial charge in [0.05, 0.1) is 16.7 Å². The van der Waals surface area contributed by atoms with Crippen molar-refractivity contribution in [3.63, 3.8) is 0 Å². The molecule has 0 saturated carbocycles. The van der Waals surface area contributed by atoms with Gasteiger partial charge in [0.25, 0.3) is 0 Å². The Labute approximate surface area is 187 Å². The van der Waals surface area contributed by atoms with E-state index in [0.717, 1.165) is 23.9 Å². The van der Waals surface area contributed by atoms with Crippen LogP contribution in [0.4, 0.5) is 0 Å². The summed E-state index contributed by atoms with van der Waals surface area (Å²) in [5.41, 5.74) is 3.92. The molecule has 0 fully saturated rings. The highest BCUT2D eigenvalue weighted by Crippen LogP contribution is 2.31. The molecule has 0 saturated heterocycles. The highest BCUT2D eigenvalue weighted by Gasteiger charge is 2.25. The van der Waals surface area contributed by atoms with Crippen LogP contribution < -0.4 is 5.32 Å². The van der Waals surface area contributed by atoms with Gasteiger partial charge in [0.15, 0.2) is 9.84 Å². The summed E-state index contributed by atoms with van der Waals surface area (Å²) in [6, 6.07) is 24.7. The fraction of sp³-hybridized carbons (Fsp3) is 0.192. The second-order valence-electron chi connectivity index (χ2n) is 8.24. The van der Waals surface area contributed by atoms with Crippen molar-refractivity contribution in [3.05, 3.63) is 102 Å². The first-order valence-electron chi connectivity index (χ1n) is 10.7. The SMILES string of the molecule is O=C(Cn1cc(S(=O)(=O)Cc2ccccc2)c2ccccc21)NC1CCc2ccccc21. The Morgan fingerprint density at radius 3 is 2.50 bits per heavy atom. The van der Waals surface area contributed by atoms with Crippen LogP contribution in [-0.2, 0) is 33.4 Å². The minimum atomic E-state index is -3.57. The zero-order valence-electron chi connectivity index (χ0n) is 17.6. The van der Waals surface area contributed by atoms with Crippen LogP contribution in [0.1, 0.15) is 29.2 Å². The fourth-order valence-corrected chi connectivity index (χ4v) is 6.15. The third-order valence-electron chi connectivity index (χ3n) is 6.07. The maximum atomic E-state index is 13.2. The predicted octanol–water partition coefficient (Wildman–Crippen LogP) is 4.42. The molecular weight excluding hydrogens is 420 g/mol. The molecule has 1 atom stereocenters. The van der Waals surface area contributed by atoms with Crippen molar-refractivity contribution in [2.24, 2.45) is 0 Å². The molecule has 0 spiro atoms. The highest BCUT2D eigenvalue weighted by atomic mass is 32.2. The van der Waals surface area contributed by atoms with E-state index in [0.29, 0.717) is 5.39 Å². The van der Waals surface area contributed by atoms with E-state index in [-0.39, 0.29) is 29.1 Å². The van der Waals surface area contributed by atoms with Gasteiger partial charge in [-0.15, -0.1) is 0 Å². The first-order valence-corrected chi connectivity index (χ1v) is 12.4. The molecule has 4 aromatic rings. The topological polar surface area (TPSA) is 68.2 Å². The molecule has 1 N–H and O–H groups in total. The number of rotatable bonds is 6. The van der Waals surface area contributed by atoms with E-state index in [1.807, 2.05) is 60.7 Å². The minimum Gasteiger partial charge on any atom is -0.348 e. The van der Waals surface area contributed by atoms with Crippen LogP contribution in [0.2, 0.25) is 0 Å². The molecule has 1 aliphatic rings. The third kappa shape index (κ3) is 3.94. The molecule has 5 nitrogen and oxygen atoms in total. The molecule has 0 bridgehead atoms. The number of para-hydroxylation sites is 1. The summed E-state index contributed by atoms with van der Waals surface area (Å²) in [7, 11) is -3.57. The van der Waals surface area contributed by atoms with Crippen molar-refractivity contribution < 1.29 is 13.2 Å². The second kappa shape index (κ2) is 8.28. The maximum absolute atomic E-state index is 13.2. The van der Waals surface area contributed by atoms with Crippen molar-refractivity contribution in [3.8, 4) is 0 Å². The van der Waals surface area contributed by atoms with E-state index >= 15 is 0 Å². The van der Waals surface area contributed by atoms with Crippen LogP contribution in [0.5, 0.6) is 0 Å². The normalized spacial score (nSPS) is 15.6. The molecule has 0 radical (unpaired) electrons. The van der Waals surface area contributed by atoms with Crippen molar-refractivity contribution in [2.75, 3.05) is 0 Å². The number of hydrogen-bond donors (Lipinski definition) is 1. The van der Waals surface area contributed by atoms with E-state index in [2.05, 4.69) is 17.4 Å². The van der Waals surface area contributed by atoms with Crippen molar-refractivity contribution >= 4 is 26.6 Å². The van der Waals surface area contributed by atoms with E-state index in [4.69, 9.17) is 0 Å². The molecule has 32 heavy (non-hydrogen) atoms. The molecule has 3 aromatic carbocycles. The quantitative estimate of drug-likeness (QED) is 0.479. The van der Waals surface area contributed by atoms with Crippen molar-refractivity contribution in [1.82, 2.24) is 9.88 Å². The molecule has 0 aliphatic heterocycles. The summed E-state index contributed by atoms with van der Waals surface area (Å²) in [4.78, 5) is 13.2. The zero-order chi connectivity index (χ0) is 22.1. The fourth-order valence-electron chi connectivity index (χ4n) is 4.56. The van der Waals surface area contributed by atoms with Gasteiger partial charge in [-0.1, -0.05) is 72.8 Å². The molecule has 1 aliphatic carbocycles. The summed E-state index contributed by atoms with van der Waals surface area (Å²) < 4.78 is 28.2. The zero-order valence-corrected chi connectivity index (χ0v) is 18.4. The number of nitrogens with zero attached hydrogens (tertiary/aromatic N) is 1. The van der Waals surface area contributed by atoms with Crippen molar-refractivity contribution in [1.29, 1.82) is 0 Å². The molecule has 1 heterocycles. The van der Waals surface area contributed by atoms with Gasteiger partial charge in [-0.2, -0.15) is 0 Å². The maximum Gasteiger partial charge on any atom is 0.240 e. The summed E-state index contributed by atoms with van der Waals surface area (Å²) in [5.74, 6) is -0.202. The van der Waals surface area contributed by atoms with Crippen LogP contribution in [0.15, 0.2) is 90.0 Å². The van der Waals surface area contributed by atoms with Gasteiger partial charge in [0, 0.05) is 17.1 Å². The standard InChI is InChI=1S/C26H24N2O3S/c29-26(27-23-15-14-20-10-4-5-11-21(20)23)17-28-16-25(22-12-6-7-13-24(22)28)32(30,31)18-19-8-2-1-3-9-19/h1-13,16,23H,14-15,17-18H2,(H,27,29). The van der Waals surface area contributed by atoms with Crippen LogP contribution in [0, 0.1) is 0 Å². The van der Waals surface area contributed by atoms with Gasteiger partial charge < -0.3 is 9.88 Å².